The second-order valence-electron chi connectivity index (χ2n) is 7.69. The molecule has 2 aliphatic rings. The predicted octanol–water partition coefficient (Wildman–Crippen LogP) is 1.49. The lowest BCUT2D eigenvalue weighted by Crippen LogP contribution is -2.55. The van der Waals surface area contributed by atoms with E-state index < -0.39 is 15.6 Å². The van der Waals surface area contributed by atoms with Crippen molar-refractivity contribution in [3.8, 4) is 5.75 Å². The number of carbonyl (C=O) groups is 1. The van der Waals surface area contributed by atoms with Gasteiger partial charge in [0.1, 0.15) is 17.2 Å². The number of sulfonamides is 1. The van der Waals surface area contributed by atoms with Gasteiger partial charge in [-0.05, 0) is 18.2 Å². The maximum atomic E-state index is 13.2. The molecule has 2 N–H and O–H groups in total. The van der Waals surface area contributed by atoms with Crippen LogP contribution in [0.15, 0.2) is 42.6 Å². The first-order valence-electron chi connectivity index (χ1n) is 9.49. The average molecular weight is 417 g/mol. The third-order valence-electron chi connectivity index (χ3n) is 5.56. The average Bonchev–Trinajstić information content (AvgIpc) is 2.84. The number of ether oxygens (including phenoxy) is 1. The summed E-state index contributed by atoms with van der Waals surface area (Å²) in [6.45, 7) is 1.53. The lowest BCUT2D eigenvalue weighted by molar-refractivity contribution is -0.00127. The molecule has 1 saturated heterocycles. The number of pyridine rings is 1. The number of nitrogens with two attached hydrogens (primary N) is 1. The molecule has 0 radical (unpaired) electrons. The van der Waals surface area contributed by atoms with Crippen LogP contribution < -0.4 is 10.5 Å². The highest BCUT2D eigenvalue weighted by molar-refractivity contribution is 7.88. The third kappa shape index (κ3) is 4.06. The van der Waals surface area contributed by atoms with E-state index in [4.69, 9.17) is 10.5 Å². The van der Waals surface area contributed by atoms with Crippen molar-refractivity contribution in [3.05, 3.63) is 53.7 Å². The summed E-state index contributed by atoms with van der Waals surface area (Å²) in [5, 5.41) is 0. The molecule has 0 atom stereocenters. The van der Waals surface area contributed by atoms with Crippen molar-refractivity contribution < 1.29 is 17.9 Å². The number of rotatable bonds is 2. The van der Waals surface area contributed by atoms with E-state index in [0.29, 0.717) is 50.4 Å². The van der Waals surface area contributed by atoms with Gasteiger partial charge in [-0.1, -0.05) is 18.2 Å². The number of anilines is 1. The van der Waals surface area contributed by atoms with Crippen molar-refractivity contribution in [2.45, 2.75) is 25.0 Å². The number of piperidine rings is 1. The van der Waals surface area contributed by atoms with Gasteiger partial charge in [-0.15, -0.1) is 0 Å². The zero-order valence-electron chi connectivity index (χ0n) is 16.2. The number of nitrogen functional groups attached to an aromatic ring is 1. The van der Waals surface area contributed by atoms with E-state index in [1.54, 1.807) is 17.0 Å². The SMILES string of the molecule is CS(=O)(=O)N1CCC2(CC1)CN(C(=O)c1ccc(N)nc1)Cc1ccccc1O2. The minimum absolute atomic E-state index is 0.150. The Hall–Kier alpha value is -2.65. The molecular formula is C20H24N4O4S. The molecule has 1 aromatic carbocycles. The first-order chi connectivity index (χ1) is 13.8. The number of para-hydroxylation sites is 1. The van der Waals surface area contributed by atoms with Gasteiger partial charge >= 0.3 is 0 Å². The van der Waals surface area contributed by atoms with E-state index in [1.807, 2.05) is 24.3 Å². The fourth-order valence-corrected chi connectivity index (χ4v) is 4.80. The Morgan fingerprint density at radius 3 is 2.55 bits per heavy atom. The molecule has 0 aliphatic carbocycles. The number of nitrogens with zero attached hydrogens (tertiary/aromatic N) is 3. The van der Waals surface area contributed by atoms with E-state index in [1.165, 1.54) is 16.8 Å². The maximum absolute atomic E-state index is 13.2. The van der Waals surface area contributed by atoms with Crippen LogP contribution >= 0.6 is 0 Å². The molecule has 1 amide bonds. The molecule has 0 bridgehead atoms. The number of hydrogen-bond donors (Lipinski definition) is 1. The molecule has 1 aromatic heterocycles. The van der Waals surface area contributed by atoms with Gasteiger partial charge in [-0.2, -0.15) is 0 Å². The largest absolute Gasteiger partial charge is 0.485 e. The van der Waals surface area contributed by atoms with E-state index in [-0.39, 0.29) is 5.91 Å². The van der Waals surface area contributed by atoms with Crippen LogP contribution in [-0.2, 0) is 16.6 Å². The zero-order valence-corrected chi connectivity index (χ0v) is 17.1. The first-order valence-corrected chi connectivity index (χ1v) is 11.3. The van der Waals surface area contributed by atoms with Crippen molar-refractivity contribution in [3.63, 3.8) is 0 Å². The minimum Gasteiger partial charge on any atom is -0.485 e. The van der Waals surface area contributed by atoms with Crippen molar-refractivity contribution in [1.82, 2.24) is 14.2 Å². The fraction of sp³-hybridized carbons (Fsp3) is 0.400. The van der Waals surface area contributed by atoms with Gasteiger partial charge in [-0.3, -0.25) is 4.79 Å². The van der Waals surface area contributed by atoms with Gasteiger partial charge < -0.3 is 15.4 Å². The molecule has 154 valence electrons. The van der Waals surface area contributed by atoms with Crippen LogP contribution in [-0.4, -0.2) is 60.0 Å². The Morgan fingerprint density at radius 2 is 1.90 bits per heavy atom. The van der Waals surface area contributed by atoms with E-state index in [9.17, 15) is 13.2 Å². The highest BCUT2D eigenvalue weighted by Crippen LogP contribution is 2.36. The Kier molecular flexibility index (Phi) is 4.95. The number of benzene rings is 1. The Labute approximate surface area is 170 Å². The Bertz CT molecular complexity index is 1020. The van der Waals surface area contributed by atoms with Crippen LogP contribution in [0, 0.1) is 0 Å². The standard InChI is InChI=1S/C20H24N4O4S/c1-29(26,27)24-10-8-20(9-11-24)14-23(13-16-4-2-3-5-17(16)28-20)19(25)15-6-7-18(21)22-12-15/h2-7,12H,8-11,13-14H2,1H3,(H2,21,22). The van der Waals surface area contributed by atoms with Crippen LogP contribution in [0.5, 0.6) is 5.75 Å². The molecule has 8 nitrogen and oxygen atoms in total. The van der Waals surface area contributed by atoms with E-state index >= 15 is 0 Å². The number of hydrogen-bond acceptors (Lipinski definition) is 6. The molecule has 4 rings (SSSR count). The summed E-state index contributed by atoms with van der Waals surface area (Å²) in [6.07, 6.45) is 3.72. The van der Waals surface area contributed by atoms with Crippen molar-refractivity contribution in [1.29, 1.82) is 0 Å². The Balaban J connectivity index is 1.65. The Morgan fingerprint density at radius 1 is 1.17 bits per heavy atom. The zero-order chi connectivity index (χ0) is 20.6. The van der Waals surface area contributed by atoms with Gasteiger partial charge in [0.2, 0.25) is 10.0 Å². The van der Waals surface area contributed by atoms with Crippen molar-refractivity contribution >= 4 is 21.7 Å². The van der Waals surface area contributed by atoms with Crippen LogP contribution in [0.1, 0.15) is 28.8 Å². The number of amides is 1. The molecule has 1 spiro atoms. The number of carbonyl (C=O) groups excluding carboxylic acids is 1. The van der Waals surface area contributed by atoms with Crippen LogP contribution in [0.2, 0.25) is 0 Å². The molecule has 2 aliphatic heterocycles. The van der Waals surface area contributed by atoms with Gasteiger partial charge in [0, 0.05) is 44.2 Å². The van der Waals surface area contributed by atoms with Crippen molar-refractivity contribution in [2.75, 3.05) is 31.6 Å². The second kappa shape index (κ2) is 7.31. The summed E-state index contributed by atoms with van der Waals surface area (Å²) in [5.74, 6) is 0.949. The lowest BCUT2D eigenvalue weighted by atomic mass is 9.91. The van der Waals surface area contributed by atoms with Crippen LogP contribution in [0.3, 0.4) is 0 Å². The highest BCUT2D eigenvalue weighted by Gasteiger charge is 2.43. The summed E-state index contributed by atoms with van der Waals surface area (Å²) in [6, 6.07) is 10.9. The summed E-state index contributed by atoms with van der Waals surface area (Å²) < 4.78 is 31.7. The van der Waals surface area contributed by atoms with Gasteiger partial charge in [0.25, 0.3) is 5.91 Å². The van der Waals surface area contributed by atoms with Crippen LogP contribution in [0.4, 0.5) is 5.82 Å². The quantitative estimate of drug-likeness (QED) is 0.795. The molecule has 2 aromatic rings. The van der Waals surface area contributed by atoms with Gasteiger partial charge in [-0.25, -0.2) is 17.7 Å². The second-order valence-corrected chi connectivity index (χ2v) is 9.67. The topological polar surface area (TPSA) is 106 Å². The molecule has 3 heterocycles. The summed E-state index contributed by atoms with van der Waals surface area (Å²) >= 11 is 0. The highest BCUT2D eigenvalue weighted by atomic mass is 32.2. The number of fused-ring (bicyclic) bond motifs is 1. The summed E-state index contributed by atoms with van der Waals surface area (Å²) in [4.78, 5) is 19.0. The molecular weight excluding hydrogens is 392 g/mol. The van der Waals surface area contributed by atoms with Crippen LogP contribution in [0.25, 0.3) is 0 Å². The minimum atomic E-state index is -3.25. The molecule has 9 heteroatoms. The van der Waals surface area contributed by atoms with E-state index in [0.717, 1.165) is 11.3 Å². The molecule has 1 fully saturated rings. The maximum Gasteiger partial charge on any atom is 0.255 e. The summed E-state index contributed by atoms with van der Waals surface area (Å²) in [5.41, 5.74) is 6.39. The smallest absolute Gasteiger partial charge is 0.255 e. The van der Waals surface area contributed by atoms with Gasteiger partial charge in [0.05, 0.1) is 18.4 Å². The monoisotopic (exact) mass is 416 g/mol. The fourth-order valence-electron chi connectivity index (χ4n) is 3.95. The molecule has 0 saturated carbocycles. The molecule has 0 unspecified atom stereocenters. The van der Waals surface area contributed by atoms with Crippen molar-refractivity contribution in [2.24, 2.45) is 0 Å². The van der Waals surface area contributed by atoms with Gasteiger partial charge in [0.15, 0.2) is 0 Å². The number of aromatic nitrogens is 1. The molecule has 29 heavy (non-hydrogen) atoms. The predicted molar refractivity (Wildman–Crippen MR) is 109 cm³/mol. The normalized spacial score (nSPS) is 19.3. The lowest BCUT2D eigenvalue weighted by Gasteiger charge is -2.42. The third-order valence-corrected chi connectivity index (χ3v) is 6.87. The van der Waals surface area contributed by atoms with E-state index in [2.05, 4.69) is 4.98 Å². The first kappa shape index (κ1) is 19.7. The summed E-state index contributed by atoms with van der Waals surface area (Å²) in [7, 11) is -3.25.